The van der Waals surface area contributed by atoms with Gasteiger partial charge in [0.05, 0.1) is 0 Å². The number of aryl methyl sites for hydroxylation is 1. The first kappa shape index (κ1) is 18.1. The van der Waals surface area contributed by atoms with Gasteiger partial charge in [-0.2, -0.15) is 0 Å². The minimum atomic E-state index is -2.51. The first-order valence-electron chi connectivity index (χ1n) is 7.79. The molecule has 120 valence electrons. The molecule has 0 aromatic carbocycles. The first-order chi connectivity index (χ1) is 10.2. The third-order valence-corrected chi connectivity index (χ3v) is 6.32. The summed E-state index contributed by atoms with van der Waals surface area (Å²) >= 11 is 0. The van der Waals surface area contributed by atoms with E-state index in [0.29, 0.717) is 19.8 Å². The van der Waals surface area contributed by atoms with Crippen molar-refractivity contribution in [1.82, 2.24) is 4.98 Å². The predicted octanol–water partition coefficient (Wildman–Crippen LogP) is 2.47. The fraction of sp³-hybridized carbons (Fsp3) is 0.667. The molecule has 0 fully saturated rings. The maximum atomic E-state index is 5.87. The molecule has 1 heterocycles. The van der Waals surface area contributed by atoms with Gasteiger partial charge in [-0.3, -0.25) is 0 Å². The summed E-state index contributed by atoms with van der Waals surface area (Å²) < 4.78 is 19.8. The van der Waals surface area contributed by atoms with Gasteiger partial charge >= 0.3 is 8.80 Å². The molecule has 0 saturated carbocycles. The summed E-state index contributed by atoms with van der Waals surface area (Å²) in [7, 11) is -2.51. The second-order valence-corrected chi connectivity index (χ2v) is 7.42. The van der Waals surface area contributed by atoms with Crippen molar-refractivity contribution in [2.75, 3.05) is 19.8 Å². The summed E-state index contributed by atoms with van der Waals surface area (Å²) in [5.74, 6) is 1.20. The fourth-order valence-electron chi connectivity index (χ4n) is 2.40. The second kappa shape index (κ2) is 9.89. The maximum absolute atomic E-state index is 5.87. The number of imidazole rings is 1. The van der Waals surface area contributed by atoms with Crippen molar-refractivity contribution in [3.63, 3.8) is 0 Å². The van der Waals surface area contributed by atoms with Gasteiger partial charge in [0, 0.05) is 32.3 Å². The van der Waals surface area contributed by atoms with Gasteiger partial charge in [0.25, 0.3) is 5.82 Å². The van der Waals surface area contributed by atoms with Gasteiger partial charge in [-0.05, 0) is 27.2 Å². The highest BCUT2D eigenvalue weighted by atomic mass is 28.4. The van der Waals surface area contributed by atoms with Crippen molar-refractivity contribution in [3.8, 4) is 0 Å². The van der Waals surface area contributed by atoms with E-state index in [1.54, 1.807) is 0 Å². The first-order valence-corrected chi connectivity index (χ1v) is 9.73. The fourth-order valence-corrected chi connectivity index (χ4v) is 5.01. The number of rotatable bonds is 12. The predicted molar refractivity (Wildman–Crippen MR) is 84.9 cm³/mol. The van der Waals surface area contributed by atoms with E-state index in [9.17, 15) is 0 Å². The van der Waals surface area contributed by atoms with Crippen LogP contribution in [-0.4, -0.2) is 33.6 Å². The number of hydrogen-bond donors (Lipinski definition) is 1. The molecule has 1 N–H and O–H groups in total. The smallest absolute Gasteiger partial charge is 0.374 e. The van der Waals surface area contributed by atoms with Crippen LogP contribution in [0.3, 0.4) is 0 Å². The zero-order valence-electron chi connectivity index (χ0n) is 13.6. The highest BCUT2D eigenvalue weighted by molar-refractivity contribution is 6.60. The molecule has 0 aliphatic carbocycles. The van der Waals surface area contributed by atoms with E-state index in [1.807, 2.05) is 39.2 Å². The Kier molecular flexibility index (Phi) is 8.52. The molecule has 0 amide bonds. The molecule has 21 heavy (non-hydrogen) atoms. The van der Waals surface area contributed by atoms with Crippen LogP contribution >= 0.6 is 0 Å². The van der Waals surface area contributed by atoms with Crippen molar-refractivity contribution < 1.29 is 17.8 Å². The average molecular weight is 313 g/mol. The summed E-state index contributed by atoms with van der Waals surface area (Å²) in [5.41, 5.74) is 0. The lowest BCUT2D eigenvalue weighted by Crippen LogP contribution is -2.46. The minimum Gasteiger partial charge on any atom is -0.374 e. The van der Waals surface area contributed by atoms with E-state index in [2.05, 4.69) is 16.1 Å². The zero-order chi connectivity index (χ0) is 15.6. The third kappa shape index (κ3) is 5.74. The van der Waals surface area contributed by atoms with E-state index in [-0.39, 0.29) is 0 Å². The number of nitrogens with zero attached hydrogens (tertiary/aromatic N) is 1. The van der Waals surface area contributed by atoms with E-state index in [0.717, 1.165) is 25.4 Å². The third-order valence-electron chi connectivity index (χ3n) is 3.17. The van der Waals surface area contributed by atoms with Crippen LogP contribution in [0, 0.1) is 0 Å². The topological polar surface area (TPSA) is 47.4 Å². The second-order valence-electron chi connectivity index (χ2n) is 4.68. The van der Waals surface area contributed by atoms with Crippen LogP contribution in [0.15, 0.2) is 25.0 Å². The Hall–Kier alpha value is -0.953. The van der Waals surface area contributed by atoms with Gasteiger partial charge in [-0.25, -0.2) is 9.55 Å². The molecular weight excluding hydrogens is 284 g/mol. The summed E-state index contributed by atoms with van der Waals surface area (Å²) in [5, 5.41) is 0. The van der Waals surface area contributed by atoms with Gasteiger partial charge in [0.15, 0.2) is 0 Å². The van der Waals surface area contributed by atoms with Crippen molar-refractivity contribution in [2.24, 2.45) is 0 Å². The molecule has 0 unspecified atom stereocenters. The molecule has 6 heteroatoms. The van der Waals surface area contributed by atoms with Crippen molar-refractivity contribution in [2.45, 2.75) is 46.2 Å². The van der Waals surface area contributed by atoms with Gasteiger partial charge < -0.3 is 13.3 Å². The molecule has 0 aliphatic rings. The van der Waals surface area contributed by atoms with Crippen LogP contribution in [0.25, 0.3) is 0 Å². The van der Waals surface area contributed by atoms with Gasteiger partial charge in [-0.1, -0.05) is 12.7 Å². The lowest BCUT2D eigenvalue weighted by atomic mass is 10.3. The van der Waals surface area contributed by atoms with E-state index >= 15 is 0 Å². The molecule has 0 radical (unpaired) electrons. The number of H-pyrrole nitrogens is 1. The monoisotopic (exact) mass is 313 g/mol. The van der Waals surface area contributed by atoms with Crippen molar-refractivity contribution in [3.05, 3.63) is 30.9 Å². The Morgan fingerprint density at radius 3 is 2.33 bits per heavy atom. The number of nitrogens with one attached hydrogen (secondary N) is 1. The quantitative estimate of drug-likeness (QED) is 0.366. The van der Waals surface area contributed by atoms with E-state index in [4.69, 9.17) is 13.3 Å². The van der Waals surface area contributed by atoms with E-state index in [1.165, 1.54) is 5.82 Å². The number of aromatic nitrogens is 2. The normalized spacial score (nSPS) is 11.8. The molecule has 1 rings (SSSR count). The lowest BCUT2D eigenvalue weighted by Gasteiger charge is -2.28. The SMILES string of the molecule is C=CC[n+]1cc[nH]c1CCC[Si](OCC)(OCC)OCC. The minimum absolute atomic E-state index is 0.630. The highest BCUT2D eigenvalue weighted by Crippen LogP contribution is 2.19. The van der Waals surface area contributed by atoms with Crippen LogP contribution in [0.2, 0.25) is 6.04 Å². The molecule has 1 aromatic heterocycles. The van der Waals surface area contributed by atoms with Crippen molar-refractivity contribution in [1.29, 1.82) is 0 Å². The molecule has 0 spiro atoms. The molecule has 0 atom stereocenters. The van der Waals surface area contributed by atoms with E-state index < -0.39 is 8.80 Å². The highest BCUT2D eigenvalue weighted by Gasteiger charge is 2.39. The van der Waals surface area contributed by atoms with Gasteiger partial charge in [-0.15, -0.1) is 0 Å². The van der Waals surface area contributed by atoms with Crippen LogP contribution in [0.4, 0.5) is 0 Å². The zero-order valence-corrected chi connectivity index (χ0v) is 14.6. The Morgan fingerprint density at radius 2 is 1.81 bits per heavy atom. The molecule has 0 saturated heterocycles. The van der Waals surface area contributed by atoms with Gasteiger partial charge in [0.1, 0.15) is 18.9 Å². The summed E-state index contributed by atoms with van der Waals surface area (Å²) in [6, 6.07) is 0.843. The largest absolute Gasteiger partial charge is 0.500 e. The standard InChI is InChI=1S/C15H28N2O3Si/c1-5-12-17-13-11-16-15(17)10-9-14-21(18-6-2,19-7-3)20-8-4/h5,11,13H,1,6-10,12,14H2,2-4H3/p+1. The molecule has 0 bridgehead atoms. The Morgan fingerprint density at radius 1 is 1.19 bits per heavy atom. The summed E-state index contributed by atoms with van der Waals surface area (Å²) in [6.07, 6.45) is 7.82. The lowest BCUT2D eigenvalue weighted by molar-refractivity contribution is -0.693. The van der Waals surface area contributed by atoms with Crippen LogP contribution in [0.1, 0.15) is 33.0 Å². The summed E-state index contributed by atoms with van der Waals surface area (Å²) in [4.78, 5) is 3.28. The number of aromatic amines is 1. The Balaban J connectivity index is 2.59. The van der Waals surface area contributed by atoms with Crippen LogP contribution in [-0.2, 0) is 26.2 Å². The number of hydrogen-bond acceptors (Lipinski definition) is 3. The Bertz CT molecular complexity index is 392. The Labute approximate surface area is 129 Å². The maximum Gasteiger partial charge on any atom is 0.500 e. The molecule has 0 aliphatic heterocycles. The molecular formula is C15H29N2O3Si+. The van der Waals surface area contributed by atoms with Crippen molar-refractivity contribution >= 4 is 8.80 Å². The average Bonchev–Trinajstić information content (AvgIpc) is 2.88. The molecule has 5 nitrogen and oxygen atoms in total. The molecule has 1 aromatic rings. The summed E-state index contributed by atoms with van der Waals surface area (Å²) in [6.45, 7) is 12.5. The van der Waals surface area contributed by atoms with Crippen LogP contribution < -0.4 is 4.57 Å². The number of allylic oxidation sites excluding steroid dienone is 1. The van der Waals surface area contributed by atoms with Crippen LogP contribution in [0.5, 0.6) is 0 Å². The van der Waals surface area contributed by atoms with Gasteiger partial charge in [0.2, 0.25) is 0 Å².